The number of halogens is 1. The van der Waals surface area contributed by atoms with Crippen LogP contribution in [-0.2, 0) is 15.3 Å². The molecule has 6 rings (SSSR count). The Labute approximate surface area is 278 Å². The average Bonchev–Trinajstić information content (AvgIpc) is 3.75. The van der Waals surface area contributed by atoms with E-state index in [2.05, 4.69) is 15.2 Å². The molecule has 47 heavy (non-hydrogen) atoms. The number of pyridine rings is 1. The van der Waals surface area contributed by atoms with Gasteiger partial charge in [0.1, 0.15) is 17.2 Å². The number of hydrogen-bond donors (Lipinski definition) is 1. The molecule has 5 aromatic rings. The zero-order valence-electron chi connectivity index (χ0n) is 26.2. The van der Waals surface area contributed by atoms with Crippen molar-refractivity contribution in [2.24, 2.45) is 0 Å². The Hall–Kier alpha value is -4.75. The van der Waals surface area contributed by atoms with E-state index in [0.29, 0.717) is 57.3 Å². The number of rotatable bonds is 11. The molecule has 1 aliphatic rings. The number of aromatic nitrogens is 4. The van der Waals surface area contributed by atoms with Crippen LogP contribution >= 0.6 is 23.1 Å². The van der Waals surface area contributed by atoms with E-state index in [0.717, 1.165) is 23.3 Å². The van der Waals surface area contributed by atoms with Crippen molar-refractivity contribution < 1.29 is 28.6 Å². The minimum Gasteiger partial charge on any atom is -0.505 e. The Morgan fingerprint density at radius 2 is 1.85 bits per heavy atom. The highest BCUT2D eigenvalue weighted by atomic mass is 32.2. The molecule has 0 bridgehead atoms. The van der Waals surface area contributed by atoms with Gasteiger partial charge < -0.3 is 19.0 Å². The van der Waals surface area contributed by atoms with E-state index < -0.39 is 23.5 Å². The first-order chi connectivity index (χ1) is 22.7. The number of carbonyl (C=O) groups excluding carboxylic acids is 2. The average molecular weight is 674 g/mol. The molecule has 1 saturated heterocycles. The summed E-state index contributed by atoms with van der Waals surface area (Å²) in [6, 6.07) is 14.3. The van der Waals surface area contributed by atoms with Gasteiger partial charge in [0.25, 0.3) is 5.78 Å². The number of aliphatic hydroxyl groups is 1. The van der Waals surface area contributed by atoms with Crippen molar-refractivity contribution in [3.05, 3.63) is 100 Å². The van der Waals surface area contributed by atoms with E-state index in [9.17, 15) is 19.1 Å². The minimum absolute atomic E-state index is 0.139. The molecule has 4 heterocycles. The maximum absolute atomic E-state index is 14.2. The first kappa shape index (κ1) is 32.2. The number of imidazole rings is 1. The van der Waals surface area contributed by atoms with Gasteiger partial charge in [-0.1, -0.05) is 60.4 Å². The van der Waals surface area contributed by atoms with Crippen LogP contribution in [0.5, 0.6) is 11.5 Å². The normalized spacial score (nSPS) is 15.9. The molecule has 1 N–H and O–H groups in total. The van der Waals surface area contributed by atoms with Crippen molar-refractivity contribution in [1.29, 1.82) is 0 Å². The minimum atomic E-state index is -1.09. The number of thioether (sulfide) groups is 1. The van der Waals surface area contributed by atoms with Gasteiger partial charge in [-0.15, -0.1) is 10.2 Å². The fourth-order valence-corrected chi connectivity index (χ4v) is 7.28. The van der Waals surface area contributed by atoms with Gasteiger partial charge in [0.05, 0.1) is 30.5 Å². The molecule has 3 aromatic heterocycles. The number of hydrogen-bond acceptors (Lipinski definition) is 10. The van der Waals surface area contributed by atoms with Crippen molar-refractivity contribution in [2.45, 2.75) is 50.3 Å². The number of carbonyl (C=O) groups is 2. The highest BCUT2D eigenvalue weighted by molar-refractivity contribution is 8.00. The molecule has 1 atom stereocenters. The number of ketones is 1. The van der Waals surface area contributed by atoms with Gasteiger partial charge in [0, 0.05) is 11.9 Å². The number of aliphatic hydroxyl groups excluding tert-OH is 1. The molecule has 1 unspecified atom stereocenters. The van der Waals surface area contributed by atoms with Gasteiger partial charge in [0.15, 0.2) is 21.6 Å². The lowest BCUT2D eigenvalue weighted by atomic mass is 9.96. The van der Waals surface area contributed by atoms with Gasteiger partial charge in [-0.25, -0.2) is 9.37 Å². The van der Waals surface area contributed by atoms with Crippen LogP contribution in [0.1, 0.15) is 54.4 Å². The number of benzene rings is 2. The summed E-state index contributed by atoms with van der Waals surface area (Å²) in [5, 5.41) is 20.5. The van der Waals surface area contributed by atoms with Gasteiger partial charge >= 0.3 is 5.91 Å². The van der Waals surface area contributed by atoms with E-state index in [-0.39, 0.29) is 22.2 Å². The summed E-state index contributed by atoms with van der Waals surface area (Å²) in [4.78, 5) is 33.6. The highest BCUT2D eigenvalue weighted by Crippen LogP contribution is 2.46. The molecule has 0 saturated carbocycles. The summed E-state index contributed by atoms with van der Waals surface area (Å²) < 4.78 is 28.3. The molecule has 1 fully saturated rings. The lowest BCUT2D eigenvalue weighted by Crippen LogP contribution is -2.29. The van der Waals surface area contributed by atoms with Crippen LogP contribution in [-0.4, -0.2) is 49.6 Å². The number of anilines is 1. The Kier molecular flexibility index (Phi) is 9.28. The van der Waals surface area contributed by atoms with Crippen LogP contribution in [0.2, 0.25) is 0 Å². The van der Waals surface area contributed by atoms with Gasteiger partial charge in [0.2, 0.25) is 5.13 Å². The number of amides is 1. The van der Waals surface area contributed by atoms with E-state index in [1.807, 2.05) is 43.5 Å². The second-order valence-corrected chi connectivity index (χ2v) is 13.0. The number of Topliss-reactive ketones (excluding diaryl/α,β-unsaturated/α-hetero) is 1. The third-order valence-electron chi connectivity index (χ3n) is 7.71. The molecule has 2 aromatic carbocycles. The summed E-state index contributed by atoms with van der Waals surface area (Å²) in [5.74, 6) is -1.25. The first-order valence-corrected chi connectivity index (χ1v) is 16.9. The summed E-state index contributed by atoms with van der Waals surface area (Å²) >= 11 is 2.36. The topological polar surface area (TPSA) is 119 Å². The molecule has 10 nitrogen and oxygen atoms in total. The lowest BCUT2D eigenvalue weighted by Gasteiger charge is -2.23. The Morgan fingerprint density at radius 3 is 2.60 bits per heavy atom. The number of aryl methyl sites for hydroxylation is 2. The molecule has 0 aliphatic carbocycles. The van der Waals surface area contributed by atoms with Crippen molar-refractivity contribution in [3.63, 3.8) is 0 Å². The van der Waals surface area contributed by atoms with Crippen molar-refractivity contribution in [1.82, 2.24) is 19.6 Å². The van der Waals surface area contributed by atoms with Crippen LogP contribution in [0, 0.1) is 19.7 Å². The van der Waals surface area contributed by atoms with Gasteiger partial charge in [-0.3, -0.25) is 14.5 Å². The second-order valence-electron chi connectivity index (χ2n) is 10.8. The van der Waals surface area contributed by atoms with Crippen molar-refractivity contribution in [3.8, 4) is 11.5 Å². The molecule has 1 aliphatic heterocycles. The number of nitrogens with zero attached hydrogens (tertiary/aromatic N) is 5. The molecular formula is C34H32FN5O5S2. The standard InChI is InChI=1S/C34H32FN5O5S2/c1-5-16-45-24-14-13-21(17-25(24)44-6-2)28-26(29(41)27-20(4)39-15-9-10-19(3)31(39)36-27)30(42)32(43)40(28)33-37-38-34(47-33)46-18-22-11-7-8-12-23(22)35/h7-15,17,28,41H,5-6,16,18H2,1-4H3. The molecule has 0 spiro atoms. The largest absolute Gasteiger partial charge is 0.505 e. The number of ether oxygens (including phenoxy) is 2. The van der Waals surface area contributed by atoms with Crippen molar-refractivity contribution >= 4 is 51.3 Å². The van der Waals surface area contributed by atoms with Crippen LogP contribution in [0.3, 0.4) is 0 Å². The van der Waals surface area contributed by atoms with Gasteiger partial charge in [-0.05, 0) is 68.1 Å². The fourth-order valence-electron chi connectivity index (χ4n) is 5.43. The Morgan fingerprint density at radius 1 is 1.04 bits per heavy atom. The van der Waals surface area contributed by atoms with Crippen LogP contribution in [0.25, 0.3) is 11.4 Å². The third-order valence-corrected chi connectivity index (χ3v) is 9.81. The highest BCUT2D eigenvalue weighted by Gasteiger charge is 2.49. The number of fused-ring (bicyclic) bond motifs is 1. The Balaban J connectivity index is 1.47. The predicted octanol–water partition coefficient (Wildman–Crippen LogP) is 7.05. The molecule has 0 radical (unpaired) electrons. The smallest absolute Gasteiger partial charge is 0.301 e. The quantitative estimate of drug-likeness (QED) is 0.0517. The molecule has 242 valence electrons. The first-order valence-electron chi connectivity index (χ1n) is 15.1. The monoisotopic (exact) mass is 673 g/mol. The Bertz CT molecular complexity index is 2020. The summed E-state index contributed by atoms with van der Waals surface area (Å²) in [6.07, 6.45) is 2.61. The summed E-state index contributed by atoms with van der Waals surface area (Å²) in [5.41, 5.74) is 3.15. The van der Waals surface area contributed by atoms with E-state index in [1.54, 1.807) is 43.3 Å². The zero-order chi connectivity index (χ0) is 33.2. The SMILES string of the molecule is CCCOc1ccc(C2C(=C(O)c3nc4c(C)cccn4c3C)C(=O)C(=O)N2c2nnc(SCc3ccccc3F)s2)cc1OCC. The van der Waals surface area contributed by atoms with Crippen LogP contribution in [0.4, 0.5) is 9.52 Å². The molecule has 13 heteroatoms. The third kappa shape index (κ3) is 6.08. The van der Waals surface area contributed by atoms with E-state index in [1.165, 1.54) is 22.7 Å². The van der Waals surface area contributed by atoms with Crippen molar-refractivity contribution in [2.75, 3.05) is 18.1 Å². The second kappa shape index (κ2) is 13.5. The zero-order valence-corrected chi connectivity index (χ0v) is 27.8. The lowest BCUT2D eigenvalue weighted by molar-refractivity contribution is -0.132. The maximum Gasteiger partial charge on any atom is 0.301 e. The summed E-state index contributed by atoms with van der Waals surface area (Å²) in [7, 11) is 0. The van der Waals surface area contributed by atoms with Crippen LogP contribution < -0.4 is 14.4 Å². The maximum atomic E-state index is 14.2. The summed E-state index contributed by atoms with van der Waals surface area (Å²) in [6.45, 7) is 8.36. The van der Waals surface area contributed by atoms with E-state index in [4.69, 9.17) is 9.47 Å². The fraction of sp³-hybridized carbons (Fsp3) is 0.265. The predicted molar refractivity (Wildman–Crippen MR) is 179 cm³/mol. The molecule has 1 amide bonds. The van der Waals surface area contributed by atoms with Crippen LogP contribution in [0.15, 0.2) is 70.7 Å². The van der Waals surface area contributed by atoms with E-state index >= 15 is 0 Å². The molecular weight excluding hydrogens is 642 g/mol. The van der Waals surface area contributed by atoms with Gasteiger partial charge in [-0.2, -0.15) is 0 Å².